The number of carbonyl (C=O) groups is 1. The van der Waals surface area contributed by atoms with Crippen LogP contribution in [0.5, 0.6) is 0 Å². The van der Waals surface area contributed by atoms with E-state index in [1.807, 2.05) is 0 Å². The van der Waals surface area contributed by atoms with Gasteiger partial charge in [0, 0.05) is 0 Å². The first-order valence-corrected chi connectivity index (χ1v) is 6.51. The molecule has 0 saturated heterocycles. The predicted molar refractivity (Wildman–Crippen MR) is 51.3 cm³/mol. The minimum Gasteiger partial charge on any atom is -0.299 e. The van der Waals surface area contributed by atoms with Crippen LogP contribution in [0.15, 0.2) is 0 Å². The predicted octanol–water partition coefficient (Wildman–Crippen LogP) is 1.18. The van der Waals surface area contributed by atoms with Crippen molar-refractivity contribution in [3.05, 3.63) is 0 Å². The second kappa shape index (κ2) is 4.22. The first-order chi connectivity index (χ1) is 5.99. The van der Waals surface area contributed by atoms with Crippen LogP contribution >= 0.6 is 0 Å². The van der Waals surface area contributed by atoms with Crippen LogP contribution in [0, 0.1) is 5.92 Å². The van der Waals surface area contributed by atoms with E-state index in [1.54, 1.807) is 0 Å². The van der Waals surface area contributed by atoms with Gasteiger partial charge in [-0.1, -0.05) is 12.8 Å². The van der Waals surface area contributed by atoms with Gasteiger partial charge in [0.1, 0.15) is 11.5 Å². The average molecular weight is 204 g/mol. The van der Waals surface area contributed by atoms with Crippen LogP contribution in [0.4, 0.5) is 0 Å². The van der Waals surface area contributed by atoms with Gasteiger partial charge < -0.3 is 0 Å². The van der Waals surface area contributed by atoms with Crippen molar-refractivity contribution in [2.24, 2.45) is 5.92 Å². The lowest BCUT2D eigenvalue weighted by Gasteiger charge is -2.07. The first kappa shape index (κ1) is 10.7. The van der Waals surface area contributed by atoms with Crippen LogP contribution < -0.4 is 0 Å². The topological polar surface area (TPSA) is 51.2 Å². The Labute approximate surface area is 79.4 Å². The summed E-state index contributed by atoms with van der Waals surface area (Å²) in [6.45, 7) is 1.33. The van der Waals surface area contributed by atoms with Crippen LogP contribution in [0.25, 0.3) is 0 Å². The molecule has 0 aliphatic heterocycles. The summed E-state index contributed by atoms with van der Waals surface area (Å²) in [5.74, 6) is -0.00172. The van der Waals surface area contributed by atoms with Crippen molar-refractivity contribution in [2.45, 2.75) is 32.6 Å². The van der Waals surface area contributed by atoms with Gasteiger partial charge in [-0.25, -0.2) is 8.42 Å². The molecular weight excluding hydrogens is 188 g/mol. The third kappa shape index (κ3) is 3.89. The largest absolute Gasteiger partial charge is 0.299 e. The quantitative estimate of drug-likeness (QED) is 0.691. The van der Waals surface area contributed by atoms with Crippen LogP contribution in [0.3, 0.4) is 0 Å². The van der Waals surface area contributed by atoms with Gasteiger partial charge in [-0.2, -0.15) is 0 Å². The molecule has 0 aromatic rings. The minimum atomic E-state index is -3.11. The zero-order chi connectivity index (χ0) is 9.90. The van der Waals surface area contributed by atoms with Gasteiger partial charge in [0.25, 0.3) is 0 Å². The molecule has 0 aromatic carbocycles. The standard InChI is InChI=1S/C9H16O3S/c1-8(10)6-13(11,12)7-9-4-2-3-5-9/h9H,2-7H2,1H3. The van der Waals surface area contributed by atoms with E-state index in [2.05, 4.69) is 0 Å². The average Bonchev–Trinajstić information content (AvgIpc) is 2.34. The molecule has 1 aliphatic carbocycles. The zero-order valence-electron chi connectivity index (χ0n) is 7.95. The number of hydrogen-bond donors (Lipinski definition) is 0. The Hall–Kier alpha value is -0.380. The summed E-state index contributed by atoms with van der Waals surface area (Å²) in [5, 5.41) is 0. The Morgan fingerprint density at radius 3 is 2.31 bits per heavy atom. The molecule has 0 amide bonds. The third-order valence-electron chi connectivity index (χ3n) is 2.39. The summed E-state index contributed by atoms with van der Waals surface area (Å²) in [6.07, 6.45) is 4.30. The second-order valence-corrected chi connectivity index (χ2v) is 6.02. The molecule has 13 heavy (non-hydrogen) atoms. The van der Waals surface area contributed by atoms with Crippen LogP contribution in [-0.2, 0) is 14.6 Å². The molecule has 1 fully saturated rings. The molecule has 4 heteroatoms. The maximum Gasteiger partial charge on any atom is 0.157 e. The summed E-state index contributed by atoms with van der Waals surface area (Å²) in [4.78, 5) is 10.7. The number of rotatable bonds is 4. The van der Waals surface area contributed by atoms with Gasteiger partial charge in [0.15, 0.2) is 9.84 Å². The molecule has 1 saturated carbocycles. The van der Waals surface area contributed by atoms with Crippen molar-refractivity contribution < 1.29 is 13.2 Å². The zero-order valence-corrected chi connectivity index (χ0v) is 8.77. The highest BCUT2D eigenvalue weighted by atomic mass is 32.2. The smallest absolute Gasteiger partial charge is 0.157 e. The summed E-state index contributed by atoms with van der Waals surface area (Å²) in [7, 11) is -3.11. The van der Waals surface area contributed by atoms with Crippen molar-refractivity contribution in [3.8, 4) is 0 Å². The lowest BCUT2D eigenvalue weighted by Crippen LogP contribution is -2.20. The third-order valence-corrected chi connectivity index (χ3v) is 4.21. The van der Waals surface area contributed by atoms with E-state index in [0.717, 1.165) is 25.7 Å². The maximum absolute atomic E-state index is 11.4. The summed E-state index contributed by atoms with van der Waals surface area (Å²) in [6, 6.07) is 0. The molecule has 3 nitrogen and oxygen atoms in total. The Kier molecular flexibility index (Phi) is 3.47. The Morgan fingerprint density at radius 2 is 1.85 bits per heavy atom. The fraction of sp³-hybridized carbons (Fsp3) is 0.889. The molecule has 1 aliphatic rings. The van der Waals surface area contributed by atoms with E-state index >= 15 is 0 Å². The van der Waals surface area contributed by atoms with Crippen molar-refractivity contribution in [2.75, 3.05) is 11.5 Å². The Balaban J connectivity index is 2.46. The van der Waals surface area contributed by atoms with Crippen molar-refractivity contribution in [1.82, 2.24) is 0 Å². The molecule has 1 rings (SSSR count). The lowest BCUT2D eigenvalue weighted by molar-refractivity contribution is -0.114. The van der Waals surface area contributed by atoms with E-state index in [-0.39, 0.29) is 17.3 Å². The second-order valence-electron chi connectivity index (χ2n) is 3.91. The van der Waals surface area contributed by atoms with Crippen molar-refractivity contribution in [1.29, 1.82) is 0 Å². The number of carbonyl (C=O) groups excluding carboxylic acids is 1. The van der Waals surface area contributed by atoms with Gasteiger partial charge in [0.05, 0.1) is 5.75 Å². The van der Waals surface area contributed by atoms with Gasteiger partial charge >= 0.3 is 0 Å². The SMILES string of the molecule is CC(=O)CS(=O)(=O)CC1CCCC1. The van der Waals surface area contributed by atoms with Crippen molar-refractivity contribution >= 4 is 15.6 Å². The maximum atomic E-state index is 11.4. The number of sulfone groups is 1. The highest BCUT2D eigenvalue weighted by Crippen LogP contribution is 2.26. The monoisotopic (exact) mass is 204 g/mol. The van der Waals surface area contributed by atoms with Gasteiger partial charge in [-0.15, -0.1) is 0 Å². The Bertz CT molecular complexity index is 273. The molecule has 0 radical (unpaired) electrons. The van der Waals surface area contributed by atoms with E-state index < -0.39 is 9.84 Å². The minimum absolute atomic E-state index is 0.215. The molecule has 0 unspecified atom stereocenters. The molecule has 0 bridgehead atoms. The van der Waals surface area contributed by atoms with Crippen LogP contribution in [0.2, 0.25) is 0 Å². The van der Waals surface area contributed by atoms with Crippen molar-refractivity contribution in [3.63, 3.8) is 0 Å². The van der Waals surface area contributed by atoms with Gasteiger partial charge in [-0.05, 0) is 25.7 Å². The highest BCUT2D eigenvalue weighted by molar-refractivity contribution is 7.92. The first-order valence-electron chi connectivity index (χ1n) is 4.69. The van der Waals surface area contributed by atoms with E-state index in [9.17, 15) is 13.2 Å². The van der Waals surface area contributed by atoms with Crippen LogP contribution in [0.1, 0.15) is 32.6 Å². The fourth-order valence-corrected chi connectivity index (χ4v) is 3.69. The van der Waals surface area contributed by atoms with E-state index in [0.29, 0.717) is 5.92 Å². The molecule has 76 valence electrons. The van der Waals surface area contributed by atoms with E-state index in [4.69, 9.17) is 0 Å². The lowest BCUT2D eigenvalue weighted by atomic mass is 10.1. The summed E-state index contributed by atoms with van der Waals surface area (Å²) in [5.41, 5.74) is 0. The molecule has 0 spiro atoms. The molecule has 0 heterocycles. The van der Waals surface area contributed by atoms with Gasteiger partial charge in [0.2, 0.25) is 0 Å². The number of ketones is 1. The van der Waals surface area contributed by atoms with E-state index in [1.165, 1.54) is 6.92 Å². The molecule has 0 aromatic heterocycles. The summed E-state index contributed by atoms with van der Waals surface area (Å²) >= 11 is 0. The Morgan fingerprint density at radius 1 is 1.31 bits per heavy atom. The number of Topliss-reactive ketones (excluding diaryl/α,β-unsaturated/α-hetero) is 1. The highest BCUT2D eigenvalue weighted by Gasteiger charge is 2.23. The fourth-order valence-electron chi connectivity index (χ4n) is 1.90. The molecule has 0 N–H and O–H groups in total. The molecular formula is C9H16O3S. The van der Waals surface area contributed by atoms with Gasteiger partial charge in [-0.3, -0.25) is 4.79 Å². The molecule has 0 atom stereocenters. The number of hydrogen-bond acceptors (Lipinski definition) is 3. The normalized spacial score (nSPS) is 19.2. The van der Waals surface area contributed by atoms with Crippen LogP contribution in [-0.4, -0.2) is 25.7 Å². The summed E-state index contributed by atoms with van der Waals surface area (Å²) < 4.78 is 22.8.